The van der Waals surface area contributed by atoms with Crippen molar-refractivity contribution in [1.82, 2.24) is 0 Å². The molecule has 1 N–H and O–H groups in total. The Bertz CT molecular complexity index is 774. The van der Waals surface area contributed by atoms with E-state index in [2.05, 4.69) is 10.1 Å². The van der Waals surface area contributed by atoms with Crippen LogP contribution in [0.3, 0.4) is 0 Å². The molecule has 0 heterocycles. The van der Waals surface area contributed by atoms with Gasteiger partial charge in [0.1, 0.15) is 5.02 Å². The lowest BCUT2D eigenvalue weighted by molar-refractivity contribution is -0.384. The van der Waals surface area contributed by atoms with Crippen LogP contribution in [0, 0.1) is 10.1 Å². The molecule has 0 radical (unpaired) electrons. The molecule has 0 saturated heterocycles. The quantitative estimate of drug-likeness (QED) is 0.525. The Morgan fingerprint density at radius 2 is 1.74 bits per heavy atom. The zero-order valence-electron chi connectivity index (χ0n) is 11.9. The summed E-state index contributed by atoms with van der Waals surface area (Å²) in [6, 6.07) is 9.80. The first-order chi connectivity index (χ1) is 10.9. The second-order valence-electron chi connectivity index (χ2n) is 4.45. The fourth-order valence-electron chi connectivity index (χ4n) is 1.80. The first-order valence-corrected chi connectivity index (χ1v) is 6.74. The maximum absolute atomic E-state index is 12.1. The molecule has 0 aliphatic rings. The molecule has 0 aliphatic heterocycles. The Hall–Kier alpha value is -2.93. The summed E-state index contributed by atoms with van der Waals surface area (Å²) in [5.74, 6) is -1.02. The Labute approximate surface area is 136 Å². The average Bonchev–Trinajstić information content (AvgIpc) is 2.54. The minimum atomic E-state index is -0.662. The van der Waals surface area contributed by atoms with Gasteiger partial charge < -0.3 is 10.1 Å². The zero-order valence-corrected chi connectivity index (χ0v) is 12.7. The molecule has 0 unspecified atom stereocenters. The maximum Gasteiger partial charge on any atom is 0.337 e. The van der Waals surface area contributed by atoms with E-state index in [0.717, 1.165) is 6.07 Å². The molecule has 2 aromatic carbocycles. The van der Waals surface area contributed by atoms with Crippen LogP contribution in [0.2, 0.25) is 5.02 Å². The van der Waals surface area contributed by atoms with Crippen LogP contribution in [0.4, 0.5) is 11.4 Å². The molecule has 0 atom stereocenters. The van der Waals surface area contributed by atoms with Crippen LogP contribution in [-0.2, 0) is 4.74 Å². The molecule has 0 bridgehead atoms. The largest absolute Gasteiger partial charge is 0.465 e. The lowest BCUT2D eigenvalue weighted by atomic mass is 10.1. The third-order valence-electron chi connectivity index (χ3n) is 2.97. The fourth-order valence-corrected chi connectivity index (χ4v) is 1.99. The first kappa shape index (κ1) is 16.4. The van der Waals surface area contributed by atoms with Crippen LogP contribution in [-0.4, -0.2) is 23.9 Å². The van der Waals surface area contributed by atoms with Crippen molar-refractivity contribution in [2.75, 3.05) is 12.4 Å². The number of methoxy groups -OCH3 is 1. The molecule has 2 rings (SSSR count). The molecule has 7 nitrogen and oxygen atoms in total. The van der Waals surface area contributed by atoms with Gasteiger partial charge in [0, 0.05) is 17.3 Å². The van der Waals surface area contributed by atoms with Crippen LogP contribution in [0.15, 0.2) is 42.5 Å². The third-order valence-corrected chi connectivity index (χ3v) is 3.29. The van der Waals surface area contributed by atoms with E-state index in [1.807, 2.05) is 0 Å². The van der Waals surface area contributed by atoms with Crippen LogP contribution in [0.5, 0.6) is 0 Å². The van der Waals surface area contributed by atoms with Gasteiger partial charge in [-0.3, -0.25) is 14.9 Å². The molecule has 0 saturated carbocycles. The number of nitro groups is 1. The minimum Gasteiger partial charge on any atom is -0.465 e. The number of esters is 1. The number of rotatable bonds is 4. The van der Waals surface area contributed by atoms with Crippen molar-refractivity contribution < 1.29 is 19.2 Å². The van der Waals surface area contributed by atoms with Gasteiger partial charge in [-0.05, 0) is 36.4 Å². The number of hydrogen-bond donors (Lipinski definition) is 1. The van der Waals surface area contributed by atoms with Crippen LogP contribution in [0.25, 0.3) is 0 Å². The van der Waals surface area contributed by atoms with Crippen LogP contribution < -0.4 is 5.32 Å². The van der Waals surface area contributed by atoms with Crippen molar-refractivity contribution in [3.63, 3.8) is 0 Å². The molecule has 0 aromatic heterocycles. The van der Waals surface area contributed by atoms with Gasteiger partial charge in [-0.2, -0.15) is 0 Å². The Balaban J connectivity index is 2.17. The first-order valence-electron chi connectivity index (χ1n) is 6.36. The van der Waals surface area contributed by atoms with Gasteiger partial charge in [0.15, 0.2) is 0 Å². The number of carbonyl (C=O) groups excluding carboxylic acids is 2. The molecule has 2 aromatic rings. The molecule has 0 aliphatic carbocycles. The molecular weight excluding hydrogens is 324 g/mol. The highest BCUT2D eigenvalue weighted by Gasteiger charge is 2.16. The summed E-state index contributed by atoms with van der Waals surface area (Å²) in [5, 5.41) is 13.4. The number of nitrogens with zero attached hydrogens (tertiary/aromatic N) is 1. The van der Waals surface area contributed by atoms with Crippen molar-refractivity contribution in [2.45, 2.75) is 0 Å². The maximum atomic E-state index is 12.1. The van der Waals surface area contributed by atoms with E-state index >= 15 is 0 Å². The Morgan fingerprint density at radius 1 is 1.13 bits per heavy atom. The number of halogens is 1. The van der Waals surface area contributed by atoms with E-state index in [0.29, 0.717) is 11.3 Å². The van der Waals surface area contributed by atoms with E-state index in [1.54, 1.807) is 0 Å². The predicted octanol–water partition coefficient (Wildman–Crippen LogP) is 3.29. The predicted molar refractivity (Wildman–Crippen MR) is 83.8 cm³/mol. The molecule has 23 heavy (non-hydrogen) atoms. The summed E-state index contributed by atoms with van der Waals surface area (Å²) in [6.07, 6.45) is 0. The number of hydrogen-bond acceptors (Lipinski definition) is 5. The molecule has 0 spiro atoms. The third kappa shape index (κ3) is 3.83. The number of amides is 1. The highest BCUT2D eigenvalue weighted by atomic mass is 35.5. The van der Waals surface area contributed by atoms with E-state index in [4.69, 9.17) is 11.6 Å². The SMILES string of the molecule is COC(=O)c1ccc(NC(=O)c2ccc(Cl)c([N+](=O)[O-])c2)cc1. The summed E-state index contributed by atoms with van der Waals surface area (Å²) in [4.78, 5) is 33.6. The topological polar surface area (TPSA) is 98.5 Å². The second-order valence-corrected chi connectivity index (χ2v) is 4.85. The minimum absolute atomic E-state index is 0.0472. The van der Waals surface area contributed by atoms with Gasteiger partial charge in [-0.1, -0.05) is 11.6 Å². The number of ether oxygens (including phenoxy) is 1. The molecule has 118 valence electrons. The lowest BCUT2D eigenvalue weighted by Crippen LogP contribution is -2.12. The number of nitrogens with one attached hydrogen (secondary N) is 1. The normalized spacial score (nSPS) is 10.0. The smallest absolute Gasteiger partial charge is 0.337 e. The molecule has 1 amide bonds. The van der Waals surface area contributed by atoms with E-state index in [9.17, 15) is 19.7 Å². The molecular formula is C15H11ClN2O5. The average molecular weight is 335 g/mol. The van der Waals surface area contributed by atoms with Crippen LogP contribution in [0.1, 0.15) is 20.7 Å². The fraction of sp³-hybridized carbons (Fsp3) is 0.0667. The summed E-state index contributed by atoms with van der Waals surface area (Å²) in [5.41, 5.74) is 0.520. The van der Waals surface area contributed by atoms with Crippen LogP contribution >= 0.6 is 11.6 Å². The van der Waals surface area contributed by atoms with Crippen molar-refractivity contribution in [2.24, 2.45) is 0 Å². The summed E-state index contributed by atoms with van der Waals surface area (Å²) >= 11 is 5.70. The molecule has 8 heteroatoms. The van der Waals surface area contributed by atoms with Crippen molar-refractivity contribution in [3.05, 3.63) is 68.7 Å². The van der Waals surface area contributed by atoms with Gasteiger partial charge >= 0.3 is 5.97 Å². The highest BCUT2D eigenvalue weighted by Crippen LogP contribution is 2.25. The van der Waals surface area contributed by atoms with Gasteiger partial charge in [0.2, 0.25) is 0 Å². The monoisotopic (exact) mass is 334 g/mol. The molecule has 0 fully saturated rings. The Kier molecular flexibility index (Phi) is 4.92. The summed E-state index contributed by atoms with van der Waals surface area (Å²) in [7, 11) is 1.27. The number of nitro benzene ring substituents is 1. The standard InChI is InChI=1S/C15H11ClN2O5/c1-23-15(20)9-2-5-11(6-3-9)17-14(19)10-4-7-12(16)13(8-10)18(21)22/h2-8H,1H3,(H,17,19). The highest BCUT2D eigenvalue weighted by molar-refractivity contribution is 6.32. The summed E-state index contributed by atoms with van der Waals surface area (Å²) in [6.45, 7) is 0. The van der Waals surface area contributed by atoms with E-state index in [-0.39, 0.29) is 16.3 Å². The number of anilines is 1. The number of benzene rings is 2. The van der Waals surface area contributed by atoms with Crippen molar-refractivity contribution in [3.8, 4) is 0 Å². The lowest BCUT2D eigenvalue weighted by Gasteiger charge is -2.06. The van der Waals surface area contributed by atoms with Gasteiger partial charge in [-0.25, -0.2) is 4.79 Å². The van der Waals surface area contributed by atoms with Gasteiger partial charge in [0.05, 0.1) is 17.6 Å². The Morgan fingerprint density at radius 3 is 2.30 bits per heavy atom. The zero-order chi connectivity index (χ0) is 17.0. The van der Waals surface area contributed by atoms with Crippen molar-refractivity contribution in [1.29, 1.82) is 0 Å². The van der Waals surface area contributed by atoms with E-state index < -0.39 is 16.8 Å². The van der Waals surface area contributed by atoms with E-state index in [1.165, 1.54) is 43.5 Å². The van der Waals surface area contributed by atoms with Crippen molar-refractivity contribution >= 4 is 34.9 Å². The van der Waals surface area contributed by atoms with Gasteiger partial charge in [-0.15, -0.1) is 0 Å². The second kappa shape index (κ2) is 6.89. The number of carbonyl (C=O) groups is 2. The summed E-state index contributed by atoms with van der Waals surface area (Å²) < 4.78 is 4.57. The van der Waals surface area contributed by atoms with Gasteiger partial charge in [0.25, 0.3) is 11.6 Å².